The van der Waals surface area contributed by atoms with E-state index in [9.17, 15) is 19.5 Å². The highest BCUT2D eigenvalue weighted by atomic mass is 16.5. The molecule has 2 aromatic carbocycles. The third-order valence-corrected chi connectivity index (χ3v) is 7.34. The second kappa shape index (κ2) is 10.5. The fourth-order valence-electron chi connectivity index (χ4n) is 4.33. The average molecular weight is 481 g/mol. The van der Waals surface area contributed by atoms with E-state index < -0.39 is 35.0 Å². The Labute approximate surface area is 207 Å². The van der Waals surface area contributed by atoms with Gasteiger partial charge in [0.25, 0.3) is 0 Å². The summed E-state index contributed by atoms with van der Waals surface area (Å²) in [4.78, 5) is 37.4. The Bertz CT molecular complexity index is 1050. The van der Waals surface area contributed by atoms with Crippen molar-refractivity contribution in [3.63, 3.8) is 0 Å². The first kappa shape index (κ1) is 26.3. The van der Waals surface area contributed by atoms with Crippen molar-refractivity contribution in [1.82, 2.24) is 10.6 Å². The molecule has 0 heterocycles. The van der Waals surface area contributed by atoms with E-state index in [1.54, 1.807) is 27.7 Å². The maximum absolute atomic E-state index is 13.0. The largest absolute Gasteiger partial charge is 0.480 e. The molecule has 0 spiro atoms. The summed E-state index contributed by atoms with van der Waals surface area (Å²) in [6, 6.07) is 15.2. The number of alkyl carbamates (subject to hydrolysis) is 1. The smallest absolute Gasteiger partial charge is 0.407 e. The molecule has 0 aromatic heterocycles. The zero-order valence-electron chi connectivity index (χ0n) is 21.2. The first-order valence-electron chi connectivity index (χ1n) is 12.2. The Kier molecular flexibility index (Phi) is 7.88. The van der Waals surface area contributed by atoms with E-state index in [-0.39, 0.29) is 12.5 Å². The number of carbonyl (C=O) groups excluding carboxylic acids is 2. The second-order valence-electron chi connectivity index (χ2n) is 10.2. The van der Waals surface area contributed by atoms with Crippen LogP contribution in [0.1, 0.15) is 70.9 Å². The molecule has 0 bridgehead atoms. The van der Waals surface area contributed by atoms with Gasteiger partial charge in [-0.15, -0.1) is 0 Å². The van der Waals surface area contributed by atoms with Crippen LogP contribution >= 0.6 is 0 Å². The molecular weight excluding hydrogens is 444 g/mol. The predicted molar refractivity (Wildman–Crippen MR) is 135 cm³/mol. The van der Waals surface area contributed by atoms with Crippen LogP contribution in [0.5, 0.6) is 0 Å². The van der Waals surface area contributed by atoms with Crippen LogP contribution in [0.25, 0.3) is 11.1 Å². The van der Waals surface area contributed by atoms with Gasteiger partial charge in [0.05, 0.1) is 11.0 Å². The highest BCUT2D eigenvalue weighted by molar-refractivity contribution is 5.88. The minimum absolute atomic E-state index is 0.0672. The number of hydrogen-bond donors (Lipinski definition) is 3. The van der Waals surface area contributed by atoms with Gasteiger partial charge in [0.15, 0.2) is 0 Å². The van der Waals surface area contributed by atoms with E-state index in [2.05, 4.69) is 34.9 Å². The Hall–Kier alpha value is -3.35. The second-order valence-corrected chi connectivity index (χ2v) is 10.2. The number of ether oxygens (including phenoxy) is 1. The molecule has 2 amide bonds. The molecule has 0 radical (unpaired) electrons. The lowest BCUT2D eigenvalue weighted by atomic mass is 9.73. The molecule has 35 heavy (non-hydrogen) atoms. The van der Waals surface area contributed by atoms with Crippen molar-refractivity contribution in [3.8, 4) is 11.1 Å². The summed E-state index contributed by atoms with van der Waals surface area (Å²) >= 11 is 0. The number of amides is 2. The third kappa shape index (κ3) is 5.50. The van der Waals surface area contributed by atoms with Gasteiger partial charge < -0.3 is 20.5 Å². The molecule has 2 aromatic rings. The van der Waals surface area contributed by atoms with Gasteiger partial charge in [-0.2, -0.15) is 0 Å². The van der Waals surface area contributed by atoms with Gasteiger partial charge in [0.2, 0.25) is 5.91 Å². The van der Waals surface area contributed by atoms with Gasteiger partial charge in [-0.3, -0.25) is 4.79 Å². The van der Waals surface area contributed by atoms with Crippen LogP contribution in [0, 0.1) is 5.41 Å². The van der Waals surface area contributed by atoms with E-state index >= 15 is 0 Å². The first-order chi connectivity index (χ1) is 16.5. The molecule has 1 atom stereocenters. The van der Waals surface area contributed by atoms with Crippen molar-refractivity contribution in [2.24, 2.45) is 5.41 Å². The van der Waals surface area contributed by atoms with Crippen molar-refractivity contribution in [3.05, 3.63) is 59.7 Å². The van der Waals surface area contributed by atoms with Crippen LogP contribution in [0.4, 0.5) is 4.79 Å². The number of benzene rings is 2. The molecule has 3 rings (SSSR count). The van der Waals surface area contributed by atoms with Crippen molar-refractivity contribution in [2.45, 2.75) is 71.4 Å². The summed E-state index contributed by atoms with van der Waals surface area (Å²) < 4.78 is 5.65. The summed E-state index contributed by atoms with van der Waals surface area (Å²) in [5.74, 6) is -1.57. The normalized spacial score (nSPS) is 14.0. The Morgan fingerprint density at radius 1 is 0.971 bits per heavy atom. The summed E-state index contributed by atoms with van der Waals surface area (Å²) in [6.45, 7) is 8.97. The SMILES string of the molecule is CCCC[C@H](NC(=O)C(C)(C)C(C)(C)NC(=O)OCC1c2ccccc2-c2ccccc21)C(=O)O. The average Bonchev–Trinajstić information content (AvgIpc) is 3.13. The first-order valence-corrected chi connectivity index (χ1v) is 12.2. The van der Waals surface area contributed by atoms with Gasteiger partial charge in [-0.1, -0.05) is 68.3 Å². The number of fused-ring (bicyclic) bond motifs is 3. The standard InChI is InChI=1S/C28H36N2O5/c1-6-7-16-23(24(31)32)29-25(33)27(2,3)28(4,5)30-26(34)35-17-22-20-14-10-8-12-18(20)19-13-9-11-15-21(19)22/h8-15,22-23H,6-7,16-17H2,1-5H3,(H,29,33)(H,30,34)(H,31,32)/t23-/m0/s1. The van der Waals surface area contributed by atoms with E-state index in [1.165, 1.54) is 0 Å². The summed E-state index contributed by atoms with van der Waals surface area (Å²) in [6.07, 6.45) is 1.25. The quantitative estimate of drug-likeness (QED) is 0.439. The van der Waals surface area contributed by atoms with E-state index in [0.29, 0.717) is 12.8 Å². The zero-order chi connectivity index (χ0) is 25.8. The van der Waals surface area contributed by atoms with Gasteiger partial charge in [-0.25, -0.2) is 9.59 Å². The van der Waals surface area contributed by atoms with Crippen molar-refractivity contribution >= 4 is 18.0 Å². The van der Waals surface area contributed by atoms with Crippen LogP contribution in [-0.4, -0.2) is 41.3 Å². The minimum atomic E-state index is -1.10. The lowest BCUT2D eigenvalue weighted by Crippen LogP contribution is -2.61. The van der Waals surface area contributed by atoms with Gasteiger partial charge in [0, 0.05) is 5.92 Å². The molecule has 0 fully saturated rings. The molecule has 7 nitrogen and oxygen atoms in total. The summed E-state index contributed by atoms with van der Waals surface area (Å²) in [5, 5.41) is 14.9. The Morgan fingerprint density at radius 3 is 2.03 bits per heavy atom. The van der Waals surface area contributed by atoms with E-state index in [4.69, 9.17) is 4.74 Å². The van der Waals surface area contributed by atoms with Crippen molar-refractivity contribution in [2.75, 3.05) is 6.61 Å². The predicted octanol–water partition coefficient (Wildman–Crippen LogP) is 5.09. The van der Waals surface area contributed by atoms with E-state index in [0.717, 1.165) is 28.7 Å². The molecule has 0 aliphatic heterocycles. The molecule has 0 unspecified atom stereocenters. The molecule has 0 saturated heterocycles. The Morgan fingerprint density at radius 2 is 1.51 bits per heavy atom. The molecule has 1 aliphatic carbocycles. The van der Waals surface area contributed by atoms with Gasteiger partial charge in [0.1, 0.15) is 12.6 Å². The number of carboxylic acid groups (broad SMARTS) is 1. The lowest BCUT2D eigenvalue weighted by Gasteiger charge is -2.41. The summed E-state index contributed by atoms with van der Waals surface area (Å²) in [7, 11) is 0. The molecule has 188 valence electrons. The molecule has 7 heteroatoms. The third-order valence-electron chi connectivity index (χ3n) is 7.34. The maximum atomic E-state index is 13.0. The van der Waals surface area contributed by atoms with Gasteiger partial charge >= 0.3 is 12.1 Å². The number of carbonyl (C=O) groups is 3. The van der Waals surface area contributed by atoms with Crippen molar-refractivity contribution < 1.29 is 24.2 Å². The number of hydrogen-bond acceptors (Lipinski definition) is 4. The molecule has 0 saturated carbocycles. The molecule has 3 N–H and O–H groups in total. The fraction of sp³-hybridized carbons (Fsp3) is 0.464. The maximum Gasteiger partial charge on any atom is 0.407 e. The zero-order valence-corrected chi connectivity index (χ0v) is 21.2. The summed E-state index contributed by atoms with van der Waals surface area (Å²) in [5.41, 5.74) is 2.42. The lowest BCUT2D eigenvalue weighted by molar-refractivity contribution is -0.144. The number of nitrogens with one attached hydrogen (secondary N) is 2. The fourth-order valence-corrected chi connectivity index (χ4v) is 4.33. The number of rotatable bonds is 10. The number of carboxylic acids is 1. The molecule has 1 aliphatic rings. The van der Waals surface area contributed by atoms with Crippen LogP contribution in [0.15, 0.2) is 48.5 Å². The molecular formula is C28H36N2O5. The number of unbranched alkanes of at least 4 members (excludes halogenated alkanes) is 1. The van der Waals surface area contributed by atoms with Gasteiger partial charge in [-0.05, 0) is 56.4 Å². The van der Waals surface area contributed by atoms with Crippen LogP contribution in [-0.2, 0) is 14.3 Å². The highest BCUT2D eigenvalue weighted by Crippen LogP contribution is 2.44. The minimum Gasteiger partial charge on any atom is -0.480 e. The van der Waals surface area contributed by atoms with Crippen molar-refractivity contribution in [1.29, 1.82) is 0 Å². The van der Waals surface area contributed by atoms with Crippen LogP contribution in [0.3, 0.4) is 0 Å². The van der Waals surface area contributed by atoms with E-state index in [1.807, 2.05) is 31.2 Å². The van der Waals surface area contributed by atoms with Crippen LogP contribution < -0.4 is 10.6 Å². The topological polar surface area (TPSA) is 105 Å². The Balaban J connectivity index is 1.66. The van der Waals surface area contributed by atoms with Crippen LogP contribution in [0.2, 0.25) is 0 Å². The highest BCUT2D eigenvalue weighted by Gasteiger charge is 2.45. The number of aliphatic carboxylic acids is 1. The monoisotopic (exact) mass is 480 g/mol.